The Bertz CT molecular complexity index is 366. The Morgan fingerprint density at radius 3 is 2.79 bits per heavy atom. The zero-order valence-electron chi connectivity index (χ0n) is 7.63. The molecule has 0 aliphatic carbocycles. The van der Waals surface area contributed by atoms with Crippen molar-refractivity contribution in [3.8, 4) is 0 Å². The Morgan fingerprint density at radius 2 is 2.07 bits per heavy atom. The summed E-state index contributed by atoms with van der Waals surface area (Å²) in [6.07, 6.45) is 4.77. The Hall–Kier alpha value is -1.90. The normalized spacial score (nSPS) is 16.4. The van der Waals surface area contributed by atoms with Crippen LogP contribution in [0.4, 0.5) is 0 Å². The molecule has 2 rings (SSSR count). The van der Waals surface area contributed by atoms with Gasteiger partial charge in [0, 0.05) is 0 Å². The van der Waals surface area contributed by atoms with Crippen molar-refractivity contribution in [2.45, 2.75) is 6.61 Å². The van der Waals surface area contributed by atoms with Crippen molar-refractivity contribution in [1.82, 2.24) is 0 Å². The Balaban J connectivity index is 1.87. The second-order valence-electron chi connectivity index (χ2n) is 2.86. The van der Waals surface area contributed by atoms with Crippen molar-refractivity contribution >= 4 is 12.6 Å². The molecule has 0 N–H and O–H groups in total. The first kappa shape index (κ1) is 8.69. The molecule has 0 radical (unpaired) electrons. The maximum Gasteiger partial charge on any atom is 0.118 e. The molecule has 0 saturated heterocycles. The van der Waals surface area contributed by atoms with Gasteiger partial charge in [-0.15, -0.1) is 0 Å². The van der Waals surface area contributed by atoms with E-state index in [1.54, 1.807) is 12.5 Å². The van der Waals surface area contributed by atoms with Gasteiger partial charge in [-0.25, -0.2) is 9.98 Å². The first-order valence-electron chi connectivity index (χ1n) is 4.36. The highest BCUT2D eigenvalue weighted by Gasteiger charge is 1.94. The topological polar surface area (TPSA) is 34.0 Å². The first-order valence-corrected chi connectivity index (χ1v) is 4.36. The lowest BCUT2D eigenvalue weighted by Gasteiger charge is -2.00. The molecule has 70 valence electrons. The maximum atomic E-state index is 5.34. The van der Waals surface area contributed by atoms with Gasteiger partial charge in [-0.05, 0) is 5.56 Å². The highest BCUT2D eigenvalue weighted by molar-refractivity contribution is 5.91. The highest BCUT2D eigenvalue weighted by Crippen LogP contribution is 2.03. The van der Waals surface area contributed by atoms with Gasteiger partial charge in [0.1, 0.15) is 24.9 Å². The van der Waals surface area contributed by atoms with E-state index >= 15 is 0 Å². The molecule has 0 atom stereocenters. The average molecular weight is 186 g/mol. The third kappa shape index (κ3) is 2.29. The fourth-order valence-electron chi connectivity index (χ4n) is 1.10. The number of nitrogens with zero attached hydrogens (tertiary/aromatic N) is 2. The van der Waals surface area contributed by atoms with Gasteiger partial charge in [0.25, 0.3) is 0 Å². The average Bonchev–Trinajstić information content (AvgIpc) is 2.72. The van der Waals surface area contributed by atoms with Crippen molar-refractivity contribution in [3.05, 3.63) is 47.9 Å². The van der Waals surface area contributed by atoms with Crippen molar-refractivity contribution < 1.29 is 4.74 Å². The Morgan fingerprint density at radius 1 is 1.21 bits per heavy atom. The van der Waals surface area contributed by atoms with E-state index in [9.17, 15) is 0 Å². The van der Waals surface area contributed by atoms with Crippen LogP contribution in [-0.2, 0) is 11.3 Å². The zero-order valence-corrected chi connectivity index (χ0v) is 7.63. The number of hydrogen-bond acceptors (Lipinski definition) is 3. The molecule has 1 heterocycles. The molecule has 1 aromatic carbocycles. The molecule has 0 unspecified atom stereocenters. The van der Waals surface area contributed by atoms with Crippen LogP contribution in [0.2, 0.25) is 0 Å². The summed E-state index contributed by atoms with van der Waals surface area (Å²) in [7, 11) is 0. The predicted molar refractivity (Wildman–Crippen MR) is 56.3 cm³/mol. The molecule has 0 saturated carbocycles. The molecule has 0 spiro atoms. The number of ether oxygens (including phenoxy) is 1. The van der Waals surface area contributed by atoms with E-state index in [4.69, 9.17) is 4.74 Å². The highest BCUT2D eigenvalue weighted by atomic mass is 16.5. The summed E-state index contributed by atoms with van der Waals surface area (Å²) in [5, 5.41) is 0. The molecular formula is C11H10N2O. The van der Waals surface area contributed by atoms with Gasteiger partial charge >= 0.3 is 0 Å². The quantitative estimate of drug-likeness (QED) is 0.666. The molecule has 1 aliphatic heterocycles. The van der Waals surface area contributed by atoms with E-state index in [0.29, 0.717) is 6.61 Å². The maximum absolute atomic E-state index is 5.34. The third-order valence-electron chi connectivity index (χ3n) is 1.78. The SMILES string of the molecule is C1=NC=N/C1=C/OCc1ccccc1. The van der Waals surface area contributed by atoms with Gasteiger partial charge in [0.15, 0.2) is 0 Å². The van der Waals surface area contributed by atoms with Crippen LogP contribution in [0.3, 0.4) is 0 Å². The third-order valence-corrected chi connectivity index (χ3v) is 1.78. The van der Waals surface area contributed by atoms with Gasteiger partial charge in [0.2, 0.25) is 0 Å². The van der Waals surface area contributed by atoms with E-state index in [1.807, 2.05) is 30.3 Å². The van der Waals surface area contributed by atoms with Crippen LogP contribution >= 0.6 is 0 Å². The molecule has 0 fully saturated rings. The zero-order chi connectivity index (χ0) is 9.64. The molecule has 14 heavy (non-hydrogen) atoms. The van der Waals surface area contributed by atoms with Gasteiger partial charge < -0.3 is 4.74 Å². The molecule has 3 heteroatoms. The molecule has 1 aromatic rings. The molecular weight excluding hydrogens is 176 g/mol. The van der Waals surface area contributed by atoms with Crippen LogP contribution in [0.15, 0.2) is 52.3 Å². The van der Waals surface area contributed by atoms with Gasteiger partial charge in [0.05, 0.1) is 6.21 Å². The minimum atomic E-state index is 0.563. The second-order valence-corrected chi connectivity index (χ2v) is 2.86. The lowest BCUT2D eigenvalue weighted by Crippen LogP contribution is -1.86. The van der Waals surface area contributed by atoms with Gasteiger partial charge in [-0.2, -0.15) is 0 Å². The number of allylic oxidation sites excluding steroid dienone is 1. The van der Waals surface area contributed by atoms with Crippen molar-refractivity contribution in [2.24, 2.45) is 9.98 Å². The Kier molecular flexibility index (Phi) is 2.71. The minimum absolute atomic E-state index is 0.563. The lowest BCUT2D eigenvalue weighted by atomic mass is 10.2. The van der Waals surface area contributed by atoms with Crippen LogP contribution in [0, 0.1) is 0 Å². The van der Waals surface area contributed by atoms with Crippen molar-refractivity contribution in [3.63, 3.8) is 0 Å². The summed E-state index contributed by atoms with van der Waals surface area (Å²) < 4.78 is 5.34. The van der Waals surface area contributed by atoms with Crippen LogP contribution in [-0.4, -0.2) is 12.6 Å². The number of rotatable bonds is 3. The molecule has 3 nitrogen and oxygen atoms in total. The van der Waals surface area contributed by atoms with Crippen LogP contribution in [0.25, 0.3) is 0 Å². The number of benzene rings is 1. The van der Waals surface area contributed by atoms with Gasteiger partial charge in [-0.1, -0.05) is 30.3 Å². The fraction of sp³-hybridized carbons (Fsp3) is 0.0909. The summed E-state index contributed by atoms with van der Waals surface area (Å²) in [4.78, 5) is 7.78. The smallest absolute Gasteiger partial charge is 0.118 e. The number of aliphatic imine (C=N–C) groups is 2. The van der Waals surface area contributed by atoms with Crippen molar-refractivity contribution in [1.29, 1.82) is 0 Å². The summed E-state index contributed by atoms with van der Waals surface area (Å²) in [6, 6.07) is 9.99. The lowest BCUT2D eigenvalue weighted by molar-refractivity contribution is 0.235. The largest absolute Gasteiger partial charge is 0.494 e. The summed E-state index contributed by atoms with van der Waals surface area (Å²) >= 11 is 0. The second kappa shape index (κ2) is 4.37. The summed E-state index contributed by atoms with van der Waals surface area (Å²) in [6.45, 7) is 0.563. The van der Waals surface area contributed by atoms with E-state index in [0.717, 1.165) is 11.3 Å². The fourth-order valence-corrected chi connectivity index (χ4v) is 1.10. The minimum Gasteiger partial charge on any atom is -0.494 e. The van der Waals surface area contributed by atoms with E-state index in [1.165, 1.54) is 6.34 Å². The first-order chi connectivity index (χ1) is 6.95. The molecule has 0 bridgehead atoms. The monoisotopic (exact) mass is 186 g/mol. The molecule has 0 aromatic heterocycles. The van der Waals surface area contributed by atoms with Crippen LogP contribution < -0.4 is 0 Å². The molecule has 1 aliphatic rings. The predicted octanol–water partition coefficient (Wildman–Crippen LogP) is 2.16. The molecule has 0 amide bonds. The van der Waals surface area contributed by atoms with Crippen LogP contribution in [0.5, 0.6) is 0 Å². The Labute approximate surface area is 82.5 Å². The van der Waals surface area contributed by atoms with Gasteiger partial charge in [-0.3, -0.25) is 0 Å². The number of hydrogen-bond donors (Lipinski definition) is 0. The summed E-state index contributed by atoms with van der Waals surface area (Å²) in [5.74, 6) is 0. The summed E-state index contributed by atoms with van der Waals surface area (Å²) in [5.41, 5.74) is 1.89. The van der Waals surface area contributed by atoms with Crippen molar-refractivity contribution in [2.75, 3.05) is 0 Å². The van der Waals surface area contributed by atoms with E-state index in [-0.39, 0.29) is 0 Å². The van der Waals surface area contributed by atoms with Crippen LogP contribution in [0.1, 0.15) is 5.56 Å². The van der Waals surface area contributed by atoms with E-state index in [2.05, 4.69) is 9.98 Å². The van der Waals surface area contributed by atoms with E-state index < -0.39 is 0 Å². The standard InChI is InChI=1S/C11H10N2O/c1-2-4-10(5-3-1)7-14-8-11-6-12-9-13-11/h1-6,8-9H,7H2/b11-8+.